The van der Waals surface area contributed by atoms with Gasteiger partial charge in [0.15, 0.2) is 0 Å². The Kier molecular flexibility index (Phi) is 2.95. The maximum atomic E-state index is 11.3. The Hall–Kier alpha value is -1.33. The van der Waals surface area contributed by atoms with E-state index >= 15 is 0 Å². The van der Waals surface area contributed by atoms with Gasteiger partial charge in [-0.2, -0.15) is 5.26 Å². The van der Waals surface area contributed by atoms with Gasteiger partial charge in [-0.05, 0) is 68.6 Å². The Labute approximate surface area is 121 Å². The fourth-order valence-corrected chi connectivity index (χ4v) is 4.47. The van der Waals surface area contributed by atoms with Crippen LogP contribution < -0.4 is 0 Å². The zero-order valence-corrected chi connectivity index (χ0v) is 12.6. The van der Waals surface area contributed by atoms with Crippen LogP contribution in [0.15, 0.2) is 18.2 Å². The van der Waals surface area contributed by atoms with Crippen molar-refractivity contribution >= 4 is 0 Å². The molecule has 2 saturated carbocycles. The smallest absolute Gasteiger partial charge is 0.106 e. The van der Waals surface area contributed by atoms with E-state index < -0.39 is 11.0 Å². The number of rotatable bonds is 2. The molecule has 0 aliphatic heterocycles. The fourth-order valence-electron chi connectivity index (χ4n) is 4.47. The lowest BCUT2D eigenvalue weighted by molar-refractivity contribution is -0.0734. The van der Waals surface area contributed by atoms with Crippen LogP contribution in [0.4, 0.5) is 0 Å². The summed E-state index contributed by atoms with van der Waals surface area (Å²) < 4.78 is 0. The van der Waals surface area contributed by atoms with E-state index in [2.05, 4.69) is 32.0 Å². The minimum absolute atomic E-state index is 0.356. The number of aryl methyl sites for hydroxylation is 2. The van der Waals surface area contributed by atoms with Crippen molar-refractivity contribution in [3.05, 3.63) is 34.9 Å². The Morgan fingerprint density at radius 1 is 1.30 bits per heavy atom. The fraction of sp³-hybridized carbons (Fsp3) is 0.611. The Morgan fingerprint density at radius 3 is 2.55 bits per heavy atom. The minimum Gasteiger partial charge on any atom is -0.384 e. The van der Waals surface area contributed by atoms with Crippen molar-refractivity contribution in [3.63, 3.8) is 0 Å². The molecule has 2 aliphatic carbocycles. The molecule has 2 aliphatic rings. The summed E-state index contributed by atoms with van der Waals surface area (Å²) >= 11 is 0. The van der Waals surface area contributed by atoms with E-state index in [0.717, 1.165) is 24.8 Å². The molecule has 0 spiro atoms. The number of nitrogens with zero attached hydrogens (tertiary/aromatic N) is 1. The SMILES string of the molecule is Cc1ccc(C(C)(O)C2(C#N)CC3CCC2C3)cc1C. The molecule has 3 rings (SSSR count). The second-order valence-electron chi connectivity index (χ2n) is 7.03. The summed E-state index contributed by atoms with van der Waals surface area (Å²) in [6.07, 6.45) is 4.30. The molecule has 0 radical (unpaired) electrons. The van der Waals surface area contributed by atoms with Crippen molar-refractivity contribution in [2.45, 2.75) is 52.1 Å². The average Bonchev–Trinajstić information content (AvgIpc) is 3.02. The zero-order valence-electron chi connectivity index (χ0n) is 12.6. The van der Waals surface area contributed by atoms with Gasteiger partial charge in [0, 0.05) is 0 Å². The molecular formula is C18H23NO. The summed E-state index contributed by atoms with van der Waals surface area (Å²) in [6, 6.07) is 8.63. The van der Waals surface area contributed by atoms with E-state index in [1.807, 2.05) is 13.0 Å². The summed E-state index contributed by atoms with van der Waals surface area (Å²) in [7, 11) is 0. The lowest BCUT2D eigenvalue weighted by atomic mass is 9.61. The third kappa shape index (κ3) is 1.66. The summed E-state index contributed by atoms with van der Waals surface area (Å²) in [5, 5.41) is 21.1. The molecule has 1 N–H and O–H groups in total. The third-order valence-corrected chi connectivity index (χ3v) is 5.99. The van der Waals surface area contributed by atoms with E-state index in [1.54, 1.807) is 0 Å². The molecule has 4 unspecified atom stereocenters. The van der Waals surface area contributed by atoms with E-state index in [9.17, 15) is 10.4 Å². The first kappa shape index (κ1) is 13.6. The van der Waals surface area contributed by atoms with Crippen LogP contribution in [0.2, 0.25) is 0 Å². The van der Waals surface area contributed by atoms with Gasteiger partial charge in [-0.15, -0.1) is 0 Å². The molecule has 2 heteroatoms. The maximum absolute atomic E-state index is 11.3. The molecule has 2 fully saturated rings. The second kappa shape index (κ2) is 4.33. The highest BCUT2D eigenvalue weighted by atomic mass is 16.3. The van der Waals surface area contributed by atoms with Crippen LogP contribution in [-0.4, -0.2) is 5.11 Å². The van der Waals surface area contributed by atoms with Crippen molar-refractivity contribution in [1.29, 1.82) is 5.26 Å². The third-order valence-electron chi connectivity index (χ3n) is 5.99. The molecular weight excluding hydrogens is 246 g/mol. The van der Waals surface area contributed by atoms with Gasteiger partial charge in [-0.1, -0.05) is 24.6 Å². The number of benzene rings is 1. The normalized spacial score (nSPS) is 34.8. The van der Waals surface area contributed by atoms with Crippen LogP contribution in [-0.2, 0) is 5.60 Å². The summed E-state index contributed by atoms with van der Waals surface area (Å²) in [6.45, 7) is 5.99. The highest BCUT2D eigenvalue weighted by Gasteiger charge is 2.60. The zero-order chi connectivity index (χ0) is 14.5. The molecule has 0 saturated heterocycles. The Morgan fingerprint density at radius 2 is 2.05 bits per heavy atom. The van der Waals surface area contributed by atoms with Crippen molar-refractivity contribution in [2.75, 3.05) is 0 Å². The summed E-state index contributed by atoms with van der Waals surface area (Å²) in [5.74, 6) is 0.992. The molecule has 0 amide bonds. The van der Waals surface area contributed by atoms with Crippen LogP contribution in [0.5, 0.6) is 0 Å². The van der Waals surface area contributed by atoms with Gasteiger partial charge in [-0.25, -0.2) is 0 Å². The van der Waals surface area contributed by atoms with Crippen molar-refractivity contribution in [3.8, 4) is 6.07 Å². The lowest BCUT2D eigenvalue weighted by Crippen LogP contribution is -2.46. The number of hydrogen-bond acceptors (Lipinski definition) is 2. The average molecular weight is 269 g/mol. The van der Waals surface area contributed by atoms with Gasteiger partial charge in [0.05, 0.1) is 11.5 Å². The maximum Gasteiger partial charge on any atom is 0.106 e. The van der Waals surface area contributed by atoms with Crippen LogP contribution in [0, 0.1) is 42.4 Å². The molecule has 1 aromatic carbocycles. The highest BCUT2D eigenvalue weighted by Crippen LogP contribution is 2.62. The molecule has 0 aromatic heterocycles. The van der Waals surface area contributed by atoms with Gasteiger partial charge in [0.2, 0.25) is 0 Å². The number of nitriles is 1. The first-order valence-electron chi connectivity index (χ1n) is 7.62. The Balaban J connectivity index is 2.06. The molecule has 2 bridgehead atoms. The number of fused-ring (bicyclic) bond motifs is 2. The largest absolute Gasteiger partial charge is 0.384 e. The van der Waals surface area contributed by atoms with Gasteiger partial charge in [0.1, 0.15) is 5.60 Å². The molecule has 106 valence electrons. The van der Waals surface area contributed by atoms with E-state index in [1.165, 1.54) is 17.5 Å². The van der Waals surface area contributed by atoms with Crippen LogP contribution in [0.25, 0.3) is 0 Å². The van der Waals surface area contributed by atoms with E-state index in [-0.39, 0.29) is 0 Å². The number of hydrogen-bond donors (Lipinski definition) is 1. The first-order valence-corrected chi connectivity index (χ1v) is 7.62. The van der Waals surface area contributed by atoms with Gasteiger partial charge in [-0.3, -0.25) is 0 Å². The molecule has 20 heavy (non-hydrogen) atoms. The van der Waals surface area contributed by atoms with Gasteiger partial charge >= 0.3 is 0 Å². The quantitative estimate of drug-likeness (QED) is 0.886. The lowest BCUT2D eigenvalue weighted by Gasteiger charge is -2.43. The minimum atomic E-state index is -1.06. The molecule has 1 aromatic rings. The molecule has 2 nitrogen and oxygen atoms in total. The van der Waals surface area contributed by atoms with Crippen LogP contribution in [0.3, 0.4) is 0 Å². The molecule has 0 heterocycles. The van der Waals surface area contributed by atoms with Crippen LogP contribution in [0.1, 0.15) is 49.3 Å². The van der Waals surface area contributed by atoms with Gasteiger partial charge in [0.25, 0.3) is 0 Å². The Bertz CT molecular complexity index is 584. The van der Waals surface area contributed by atoms with E-state index in [4.69, 9.17) is 0 Å². The monoisotopic (exact) mass is 269 g/mol. The van der Waals surface area contributed by atoms with Gasteiger partial charge < -0.3 is 5.11 Å². The van der Waals surface area contributed by atoms with E-state index in [0.29, 0.717) is 11.8 Å². The standard InChI is InChI=1S/C18H23NO/c1-12-4-6-15(8-13(12)2)17(3,20)18(11-19)10-14-5-7-16(18)9-14/h4,6,8,14,16,20H,5,7,9-10H2,1-3H3. The predicted molar refractivity (Wildman–Crippen MR) is 79.0 cm³/mol. The number of aliphatic hydroxyl groups is 1. The summed E-state index contributed by atoms with van der Waals surface area (Å²) in [5.41, 5.74) is 1.65. The van der Waals surface area contributed by atoms with Crippen molar-refractivity contribution in [1.82, 2.24) is 0 Å². The predicted octanol–water partition coefficient (Wildman–Crippen LogP) is 3.84. The van der Waals surface area contributed by atoms with Crippen LogP contribution >= 0.6 is 0 Å². The topological polar surface area (TPSA) is 44.0 Å². The van der Waals surface area contributed by atoms with Crippen molar-refractivity contribution in [2.24, 2.45) is 17.3 Å². The first-order chi connectivity index (χ1) is 9.40. The van der Waals surface area contributed by atoms with Crippen molar-refractivity contribution < 1.29 is 5.11 Å². The highest BCUT2D eigenvalue weighted by molar-refractivity contribution is 5.37. The summed E-state index contributed by atoms with van der Waals surface area (Å²) in [4.78, 5) is 0. The second-order valence-corrected chi connectivity index (χ2v) is 7.03. The molecule has 4 atom stereocenters.